The van der Waals surface area contributed by atoms with Crippen molar-refractivity contribution < 1.29 is 8.81 Å². The van der Waals surface area contributed by atoms with Crippen molar-refractivity contribution >= 4 is 0 Å². The van der Waals surface area contributed by atoms with Gasteiger partial charge >= 0.3 is 0 Å². The predicted octanol–water partition coefficient (Wildman–Crippen LogP) is 4.22. The first-order valence-corrected chi connectivity index (χ1v) is 6.25. The minimum absolute atomic E-state index is 0.105. The Bertz CT molecular complexity index is 481. The van der Waals surface area contributed by atoms with E-state index in [-0.39, 0.29) is 17.9 Å². The molecule has 3 heteroatoms. The second kappa shape index (κ2) is 5.83. The number of benzene rings is 1. The maximum Gasteiger partial charge on any atom is 0.123 e. The van der Waals surface area contributed by atoms with Gasteiger partial charge in [0.1, 0.15) is 11.6 Å². The molecular formula is C15H18FNO. The van der Waals surface area contributed by atoms with Gasteiger partial charge in [-0.2, -0.15) is 0 Å². The van der Waals surface area contributed by atoms with E-state index in [0.29, 0.717) is 0 Å². The van der Waals surface area contributed by atoms with Crippen molar-refractivity contribution in [2.24, 2.45) is 0 Å². The van der Waals surface area contributed by atoms with E-state index in [1.807, 2.05) is 25.1 Å². The largest absolute Gasteiger partial charge is 0.468 e. The Morgan fingerprint density at radius 2 is 2.11 bits per heavy atom. The summed E-state index contributed by atoms with van der Waals surface area (Å²) in [7, 11) is 0. The zero-order valence-electron chi connectivity index (χ0n) is 10.7. The number of hydrogen-bond donors (Lipinski definition) is 1. The van der Waals surface area contributed by atoms with Gasteiger partial charge in [0.2, 0.25) is 0 Å². The summed E-state index contributed by atoms with van der Waals surface area (Å²) in [5, 5.41) is 3.45. The van der Waals surface area contributed by atoms with Crippen LogP contribution in [0.2, 0.25) is 0 Å². The van der Waals surface area contributed by atoms with Crippen molar-refractivity contribution in [2.75, 3.05) is 0 Å². The minimum atomic E-state index is -0.196. The van der Waals surface area contributed by atoms with Crippen LogP contribution in [0.5, 0.6) is 0 Å². The molecule has 1 aromatic heterocycles. The Labute approximate surface area is 107 Å². The molecule has 2 rings (SSSR count). The predicted molar refractivity (Wildman–Crippen MR) is 69.7 cm³/mol. The number of halogens is 1. The van der Waals surface area contributed by atoms with Crippen LogP contribution in [0.3, 0.4) is 0 Å². The quantitative estimate of drug-likeness (QED) is 0.855. The first kappa shape index (κ1) is 12.8. The van der Waals surface area contributed by atoms with Gasteiger partial charge in [0.25, 0.3) is 0 Å². The van der Waals surface area contributed by atoms with E-state index in [0.717, 1.165) is 17.7 Å². The van der Waals surface area contributed by atoms with Crippen molar-refractivity contribution in [2.45, 2.75) is 32.4 Å². The van der Waals surface area contributed by atoms with Gasteiger partial charge in [0.15, 0.2) is 0 Å². The molecule has 2 atom stereocenters. The Kier molecular flexibility index (Phi) is 4.15. The van der Waals surface area contributed by atoms with Gasteiger partial charge in [0.05, 0.1) is 12.3 Å². The molecule has 0 amide bonds. The van der Waals surface area contributed by atoms with Gasteiger partial charge in [-0.05, 0) is 43.2 Å². The maximum atomic E-state index is 13.2. The fraction of sp³-hybridized carbons (Fsp3) is 0.333. The smallest absolute Gasteiger partial charge is 0.123 e. The van der Waals surface area contributed by atoms with Crippen LogP contribution >= 0.6 is 0 Å². The Balaban J connectivity index is 2.10. The molecule has 2 aromatic rings. The van der Waals surface area contributed by atoms with Crippen molar-refractivity contribution in [3.63, 3.8) is 0 Å². The fourth-order valence-electron chi connectivity index (χ4n) is 2.09. The van der Waals surface area contributed by atoms with Crippen LogP contribution in [0.1, 0.15) is 43.7 Å². The Morgan fingerprint density at radius 1 is 1.28 bits per heavy atom. The summed E-state index contributed by atoms with van der Waals surface area (Å²) >= 11 is 0. The summed E-state index contributed by atoms with van der Waals surface area (Å²) in [4.78, 5) is 0. The number of hydrogen-bond acceptors (Lipinski definition) is 2. The Hall–Kier alpha value is -1.61. The van der Waals surface area contributed by atoms with Crippen LogP contribution in [-0.4, -0.2) is 0 Å². The minimum Gasteiger partial charge on any atom is -0.468 e. The normalized spacial score (nSPS) is 14.4. The molecule has 1 aromatic carbocycles. The highest BCUT2D eigenvalue weighted by atomic mass is 19.1. The third-order valence-electron chi connectivity index (χ3n) is 3.08. The van der Waals surface area contributed by atoms with Gasteiger partial charge in [-0.15, -0.1) is 0 Å². The maximum absolute atomic E-state index is 13.2. The SMILES string of the molecule is CCC(N[C@H](C)c1ccco1)c1cccc(F)c1. The van der Waals surface area contributed by atoms with E-state index in [9.17, 15) is 4.39 Å². The molecule has 2 nitrogen and oxygen atoms in total. The Morgan fingerprint density at radius 3 is 2.72 bits per heavy atom. The summed E-state index contributed by atoms with van der Waals surface area (Å²) < 4.78 is 18.6. The molecule has 0 radical (unpaired) electrons. The number of rotatable bonds is 5. The molecule has 0 spiro atoms. The highest BCUT2D eigenvalue weighted by Gasteiger charge is 2.15. The van der Waals surface area contributed by atoms with Gasteiger partial charge in [-0.1, -0.05) is 19.1 Å². The van der Waals surface area contributed by atoms with Crippen LogP contribution in [0.25, 0.3) is 0 Å². The number of nitrogens with one attached hydrogen (secondary N) is 1. The molecule has 1 N–H and O–H groups in total. The van der Waals surface area contributed by atoms with Crippen LogP contribution in [-0.2, 0) is 0 Å². The molecule has 1 heterocycles. The van der Waals surface area contributed by atoms with Crippen LogP contribution in [0.4, 0.5) is 4.39 Å². The zero-order chi connectivity index (χ0) is 13.0. The lowest BCUT2D eigenvalue weighted by atomic mass is 10.0. The topological polar surface area (TPSA) is 25.2 Å². The van der Waals surface area contributed by atoms with E-state index in [2.05, 4.69) is 12.2 Å². The molecule has 0 aliphatic heterocycles. The van der Waals surface area contributed by atoms with Crippen LogP contribution in [0.15, 0.2) is 47.1 Å². The molecule has 0 aliphatic carbocycles. The van der Waals surface area contributed by atoms with Crippen molar-refractivity contribution in [3.05, 3.63) is 59.8 Å². The van der Waals surface area contributed by atoms with Crippen LogP contribution < -0.4 is 5.32 Å². The summed E-state index contributed by atoms with van der Waals surface area (Å²) in [6, 6.07) is 10.8. The summed E-state index contributed by atoms with van der Waals surface area (Å²) in [5.74, 6) is 0.697. The lowest BCUT2D eigenvalue weighted by molar-refractivity contribution is 0.386. The molecule has 96 valence electrons. The first-order valence-electron chi connectivity index (χ1n) is 6.25. The van der Waals surface area contributed by atoms with Gasteiger partial charge in [-0.3, -0.25) is 0 Å². The summed E-state index contributed by atoms with van der Waals surface area (Å²) in [6.45, 7) is 4.12. The molecule has 0 fully saturated rings. The van der Waals surface area contributed by atoms with E-state index < -0.39 is 0 Å². The average Bonchev–Trinajstić information content (AvgIpc) is 2.89. The zero-order valence-corrected chi connectivity index (χ0v) is 10.7. The van der Waals surface area contributed by atoms with Crippen molar-refractivity contribution in [1.82, 2.24) is 5.32 Å². The third-order valence-corrected chi connectivity index (χ3v) is 3.08. The highest BCUT2D eigenvalue weighted by molar-refractivity contribution is 5.20. The summed E-state index contributed by atoms with van der Waals surface area (Å²) in [6.07, 6.45) is 2.56. The molecule has 18 heavy (non-hydrogen) atoms. The fourth-order valence-corrected chi connectivity index (χ4v) is 2.09. The standard InChI is InChI=1S/C15H18FNO/c1-3-14(12-6-4-7-13(16)10-12)17-11(2)15-8-5-9-18-15/h4-11,14,17H,3H2,1-2H3/t11-,14?/m1/s1. The van der Waals surface area contributed by atoms with Crippen molar-refractivity contribution in [1.29, 1.82) is 0 Å². The first-order chi connectivity index (χ1) is 8.70. The summed E-state index contributed by atoms with van der Waals surface area (Å²) in [5.41, 5.74) is 0.968. The average molecular weight is 247 g/mol. The monoisotopic (exact) mass is 247 g/mol. The molecule has 0 aliphatic rings. The van der Waals surface area contributed by atoms with Gasteiger partial charge < -0.3 is 9.73 Å². The molecule has 0 saturated carbocycles. The number of furan rings is 1. The second-order valence-corrected chi connectivity index (χ2v) is 4.42. The van der Waals surface area contributed by atoms with E-state index in [1.54, 1.807) is 18.4 Å². The third kappa shape index (κ3) is 2.99. The van der Waals surface area contributed by atoms with Gasteiger partial charge in [0, 0.05) is 6.04 Å². The lowest BCUT2D eigenvalue weighted by Crippen LogP contribution is -2.24. The second-order valence-electron chi connectivity index (χ2n) is 4.42. The van der Waals surface area contributed by atoms with E-state index >= 15 is 0 Å². The van der Waals surface area contributed by atoms with Gasteiger partial charge in [-0.25, -0.2) is 4.39 Å². The lowest BCUT2D eigenvalue weighted by Gasteiger charge is -2.21. The van der Waals surface area contributed by atoms with Crippen molar-refractivity contribution in [3.8, 4) is 0 Å². The molecule has 0 bridgehead atoms. The van der Waals surface area contributed by atoms with E-state index in [1.165, 1.54) is 6.07 Å². The van der Waals surface area contributed by atoms with Crippen LogP contribution in [0, 0.1) is 5.82 Å². The molecule has 0 saturated heterocycles. The molecular weight excluding hydrogens is 229 g/mol. The highest BCUT2D eigenvalue weighted by Crippen LogP contribution is 2.22. The molecule has 1 unspecified atom stereocenters. The van der Waals surface area contributed by atoms with E-state index in [4.69, 9.17) is 4.42 Å².